The van der Waals surface area contributed by atoms with Gasteiger partial charge in [-0.1, -0.05) is 12.1 Å². The molecule has 0 aliphatic rings. The van der Waals surface area contributed by atoms with E-state index in [2.05, 4.69) is 36.3 Å². The maximum absolute atomic E-state index is 12.1. The average Bonchev–Trinajstić information content (AvgIpc) is 2.65. The number of hydrogen-bond acceptors (Lipinski definition) is 5. The number of sulfonamides is 1. The molecule has 1 unspecified atom stereocenters. The highest BCUT2D eigenvalue weighted by atomic mass is 79.9. The molecule has 0 aliphatic carbocycles. The lowest BCUT2D eigenvalue weighted by atomic mass is 10.3. The summed E-state index contributed by atoms with van der Waals surface area (Å²) in [7, 11) is -2.41. The van der Waals surface area contributed by atoms with Gasteiger partial charge in [-0.3, -0.25) is 4.79 Å². The van der Waals surface area contributed by atoms with Crippen LogP contribution in [0.25, 0.3) is 0 Å². The molecule has 1 aromatic heterocycles. The van der Waals surface area contributed by atoms with Crippen molar-refractivity contribution < 1.29 is 13.2 Å². The summed E-state index contributed by atoms with van der Waals surface area (Å²) in [5.74, 6) is -0.378. The third-order valence-corrected chi connectivity index (χ3v) is 4.69. The predicted molar refractivity (Wildman–Crippen MR) is 71.8 cm³/mol. The van der Waals surface area contributed by atoms with Gasteiger partial charge in [0.2, 0.25) is 10.9 Å². The summed E-state index contributed by atoms with van der Waals surface area (Å²) in [5.41, 5.74) is 0. The number of aryl methyl sites for hydroxylation is 1. The Labute approximate surface area is 120 Å². The third kappa shape index (κ3) is 3.98. The summed E-state index contributed by atoms with van der Waals surface area (Å²) < 4.78 is 27.7. The maximum Gasteiger partial charge on any atom is 0.261 e. The van der Waals surface area contributed by atoms with Crippen molar-refractivity contribution in [2.45, 2.75) is 31.3 Å². The second kappa shape index (κ2) is 6.44. The standard InChI is InChI=1S/C9H16BrN5O3S/c1-4-5-11-8(16)6(2)13-19(17,18)9-7(10)12-14-15(9)3/h6,13H,4-5H2,1-3H3,(H,11,16). The molecule has 10 heteroatoms. The van der Waals surface area contributed by atoms with E-state index in [0.29, 0.717) is 6.54 Å². The quantitative estimate of drug-likeness (QED) is 0.734. The first-order valence-electron chi connectivity index (χ1n) is 5.64. The van der Waals surface area contributed by atoms with E-state index >= 15 is 0 Å². The van der Waals surface area contributed by atoms with E-state index < -0.39 is 16.1 Å². The Balaban J connectivity index is 2.84. The molecule has 0 fully saturated rings. The molecule has 1 heterocycles. The van der Waals surface area contributed by atoms with Gasteiger partial charge in [0.05, 0.1) is 6.04 Å². The number of nitrogens with one attached hydrogen (secondary N) is 2. The zero-order chi connectivity index (χ0) is 14.6. The second-order valence-corrected chi connectivity index (χ2v) is 6.32. The molecule has 0 aromatic carbocycles. The van der Waals surface area contributed by atoms with Crippen LogP contribution < -0.4 is 10.0 Å². The fraction of sp³-hybridized carbons (Fsp3) is 0.667. The molecule has 0 bridgehead atoms. The zero-order valence-corrected chi connectivity index (χ0v) is 13.2. The molecule has 1 amide bonds. The number of nitrogens with zero attached hydrogens (tertiary/aromatic N) is 3. The summed E-state index contributed by atoms with van der Waals surface area (Å²) in [6.45, 7) is 3.88. The molecule has 1 atom stereocenters. The molecule has 1 aromatic rings. The molecular weight excluding hydrogens is 338 g/mol. The van der Waals surface area contributed by atoms with Crippen LogP contribution in [0.15, 0.2) is 9.63 Å². The van der Waals surface area contributed by atoms with Crippen molar-refractivity contribution in [1.29, 1.82) is 0 Å². The Bertz CT molecular complexity index is 537. The van der Waals surface area contributed by atoms with Crippen LogP contribution in [0, 0.1) is 0 Å². The molecule has 0 spiro atoms. The van der Waals surface area contributed by atoms with Gasteiger partial charge in [-0.25, -0.2) is 13.1 Å². The van der Waals surface area contributed by atoms with Crippen LogP contribution in [-0.4, -0.2) is 41.9 Å². The van der Waals surface area contributed by atoms with Crippen molar-refractivity contribution >= 4 is 31.9 Å². The topological polar surface area (TPSA) is 106 Å². The monoisotopic (exact) mass is 353 g/mol. The lowest BCUT2D eigenvalue weighted by molar-refractivity contribution is -0.122. The van der Waals surface area contributed by atoms with Gasteiger partial charge in [0.1, 0.15) is 0 Å². The van der Waals surface area contributed by atoms with Crippen LogP contribution in [0.3, 0.4) is 0 Å². The van der Waals surface area contributed by atoms with Crippen molar-refractivity contribution in [2.24, 2.45) is 7.05 Å². The number of halogens is 1. The van der Waals surface area contributed by atoms with Gasteiger partial charge in [0.25, 0.3) is 10.0 Å². The summed E-state index contributed by atoms with van der Waals surface area (Å²) in [5, 5.41) is 9.67. The largest absolute Gasteiger partial charge is 0.355 e. The molecule has 0 aliphatic heterocycles. The van der Waals surface area contributed by atoms with Crippen molar-refractivity contribution in [3.05, 3.63) is 4.60 Å². The van der Waals surface area contributed by atoms with E-state index in [0.717, 1.165) is 11.1 Å². The Hall–Kier alpha value is -1.00. The Morgan fingerprint density at radius 3 is 2.63 bits per heavy atom. The van der Waals surface area contributed by atoms with Gasteiger partial charge in [-0.15, -0.1) is 5.10 Å². The van der Waals surface area contributed by atoms with Gasteiger partial charge < -0.3 is 5.32 Å². The minimum Gasteiger partial charge on any atom is -0.355 e. The van der Waals surface area contributed by atoms with Crippen LogP contribution in [0.2, 0.25) is 0 Å². The van der Waals surface area contributed by atoms with E-state index in [-0.39, 0.29) is 15.5 Å². The van der Waals surface area contributed by atoms with Crippen LogP contribution in [-0.2, 0) is 21.9 Å². The van der Waals surface area contributed by atoms with Crippen molar-refractivity contribution in [3.63, 3.8) is 0 Å². The molecular formula is C9H16BrN5O3S. The van der Waals surface area contributed by atoms with Gasteiger partial charge in [0, 0.05) is 13.6 Å². The van der Waals surface area contributed by atoms with E-state index in [4.69, 9.17) is 0 Å². The highest BCUT2D eigenvalue weighted by Crippen LogP contribution is 2.17. The van der Waals surface area contributed by atoms with E-state index in [1.165, 1.54) is 14.0 Å². The first kappa shape index (κ1) is 16.1. The summed E-state index contributed by atoms with van der Waals surface area (Å²) in [4.78, 5) is 11.6. The van der Waals surface area contributed by atoms with E-state index in [1.54, 1.807) is 0 Å². The van der Waals surface area contributed by atoms with E-state index in [9.17, 15) is 13.2 Å². The molecule has 108 valence electrons. The molecule has 0 radical (unpaired) electrons. The number of carbonyl (C=O) groups is 1. The highest BCUT2D eigenvalue weighted by Gasteiger charge is 2.27. The molecule has 8 nitrogen and oxygen atoms in total. The van der Waals surface area contributed by atoms with Crippen LogP contribution in [0.5, 0.6) is 0 Å². The number of rotatable bonds is 6. The first-order valence-corrected chi connectivity index (χ1v) is 7.92. The SMILES string of the molecule is CCCNC(=O)C(C)NS(=O)(=O)c1c(Br)nnn1C. The smallest absolute Gasteiger partial charge is 0.261 e. The van der Waals surface area contributed by atoms with Crippen molar-refractivity contribution in [2.75, 3.05) is 6.54 Å². The lowest BCUT2D eigenvalue weighted by Gasteiger charge is -2.13. The minimum absolute atomic E-state index is 0.101. The second-order valence-electron chi connectivity index (χ2n) is 3.94. The van der Waals surface area contributed by atoms with Crippen LogP contribution >= 0.6 is 15.9 Å². The zero-order valence-electron chi connectivity index (χ0n) is 10.8. The van der Waals surface area contributed by atoms with Gasteiger partial charge in [-0.05, 0) is 29.3 Å². The van der Waals surface area contributed by atoms with Gasteiger partial charge in [-0.2, -0.15) is 4.72 Å². The molecule has 0 saturated heterocycles. The fourth-order valence-corrected chi connectivity index (χ4v) is 3.65. The summed E-state index contributed by atoms with van der Waals surface area (Å²) in [6, 6.07) is -0.877. The van der Waals surface area contributed by atoms with Gasteiger partial charge in [0.15, 0.2) is 4.60 Å². The Morgan fingerprint density at radius 2 is 2.16 bits per heavy atom. The van der Waals surface area contributed by atoms with E-state index in [1.807, 2.05) is 6.92 Å². The predicted octanol–water partition coefficient (Wildman–Crippen LogP) is -0.229. The van der Waals surface area contributed by atoms with Crippen molar-refractivity contribution in [1.82, 2.24) is 25.0 Å². The van der Waals surface area contributed by atoms with Crippen LogP contribution in [0.1, 0.15) is 20.3 Å². The maximum atomic E-state index is 12.1. The third-order valence-electron chi connectivity index (χ3n) is 2.27. The number of amides is 1. The minimum atomic E-state index is -3.87. The average molecular weight is 354 g/mol. The molecule has 2 N–H and O–H groups in total. The van der Waals surface area contributed by atoms with Gasteiger partial charge >= 0.3 is 0 Å². The first-order chi connectivity index (χ1) is 8.79. The number of hydrogen-bond donors (Lipinski definition) is 2. The molecule has 0 saturated carbocycles. The Morgan fingerprint density at radius 1 is 1.53 bits per heavy atom. The normalized spacial score (nSPS) is 13.3. The van der Waals surface area contributed by atoms with Crippen LogP contribution in [0.4, 0.5) is 0 Å². The van der Waals surface area contributed by atoms with Crippen molar-refractivity contribution in [3.8, 4) is 0 Å². The highest BCUT2D eigenvalue weighted by molar-refractivity contribution is 9.10. The number of aromatic nitrogens is 3. The summed E-state index contributed by atoms with van der Waals surface area (Å²) >= 11 is 3.01. The summed E-state index contributed by atoms with van der Waals surface area (Å²) in [6.07, 6.45) is 0.780. The lowest BCUT2D eigenvalue weighted by Crippen LogP contribution is -2.45. The number of carbonyl (C=O) groups excluding carboxylic acids is 1. The molecule has 19 heavy (non-hydrogen) atoms. The Kier molecular flexibility index (Phi) is 5.44. The molecule has 1 rings (SSSR count). The fourth-order valence-electron chi connectivity index (χ4n) is 1.35.